The summed E-state index contributed by atoms with van der Waals surface area (Å²) in [5.74, 6) is 0.0748. The predicted molar refractivity (Wildman–Crippen MR) is 190 cm³/mol. The van der Waals surface area contributed by atoms with E-state index in [0.29, 0.717) is 12.1 Å². The lowest BCUT2D eigenvalue weighted by molar-refractivity contribution is -0.119. The van der Waals surface area contributed by atoms with Gasteiger partial charge in [0.05, 0.1) is 13.2 Å². The molecule has 244 valence electrons. The second-order valence-corrected chi connectivity index (χ2v) is 14.2. The van der Waals surface area contributed by atoms with Gasteiger partial charge in [-0.25, -0.2) is 0 Å². The van der Waals surface area contributed by atoms with Crippen LogP contribution >= 0.6 is 22.7 Å². The molecule has 2 atom stereocenters. The van der Waals surface area contributed by atoms with E-state index < -0.39 is 0 Å². The third-order valence-corrected chi connectivity index (χ3v) is 10.4. The van der Waals surface area contributed by atoms with E-state index in [1.54, 1.807) is 29.6 Å². The maximum Gasteiger partial charge on any atom is 0.217 e. The number of thiophene rings is 2. The first-order valence-corrected chi connectivity index (χ1v) is 18.3. The van der Waals surface area contributed by atoms with Crippen LogP contribution in [0.2, 0.25) is 0 Å². The molecule has 2 unspecified atom stereocenters. The first-order chi connectivity index (χ1) is 22.0. The lowest BCUT2D eigenvalue weighted by atomic mass is 10.1. The fourth-order valence-corrected chi connectivity index (χ4v) is 7.76. The SMILES string of the molecule is CC(=O)NC1CCN(CCCOCCc2ccc3sccc3c2)C1.NC1CCN(CCCOCCc2ccc3sccc3c2)C1. The van der Waals surface area contributed by atoms with E-state index in [2.05, 4.69) is 74.4 Å². The molecule has 3 N–H and O–H groups in total. The molecule has 2 fully saturated rings. The van der Waals surface area contributed by atoms with E-state index >= 15 is 0 Å². The van der Waals surface area contributed by atoms with E-state index in [9.17, 15) is 4.79 Å². The van der Waals surface area contributed by atoms with Gasteiger partial charge in [-0.3, -0.25) is 4.79 Å². The van der Waals surface area contributed by atoms with E-state index in [-0.39, 0.29) is 5.91 Å². The summed E-state index contributed by atoms with van der Waals surface area (Å²) in [5, 5.41) is 9.97. The lowest BCUT2D eigenvalue weighted by Crippen LogP contribution is -2.35. The molecule has 2 saturated heterocycles. The molecule has 6 rings (SSSR count). The van der Waals surface area contributed by atoms with Crippen LogP contribution in [-0.2, 0) is 27.1 Å². The first kappa shape index (κ1) is 34.0. The molecule has 0 spiro atoms. The Hall–Kier alpha value is -2.37. The summed E-state index contributed by atoms with van der Waals surface area (Å²) in [6, 6.07) is 18.5. The maximum absolute atomic E-state index is 11.1. The number of nitrogens with zero attached hydrogens (tertiary/aromatic N) is 2. The van der Waals surface area contributed by atoms with E-state index in [4.69, 9.17) is 15.2 Å². The predicted octanol–water partition coefficient (Wildman–Crippen LogP) is 5.94. The Labute approximate surface area is 276 Å². The smallest absolute Gasteiger partial charge is 0.217 e. The number of nitrogens with one attached hydrogen (secondary N) is 1. The van der Waals surface area contributed by atoms with Gasteiger partial charge in [0.2, 0.25) is 5.91 Å². The van der Waals surface area contributed by atoms with Gasteiger partial charge in [-0.05, 0) is 102 Å². The van der Waals surface area contributed by atoms with Crippen LogP contribution in [0.25, 0.3) is 20.2 Å². The summed E-state index contributed by atoms with van der Waals surface area (Å²) >= 11 is 3.59. The van der Waals surface area contributed by atoms with Crippen molar-refractivity contribution in [3.05, 3.63) is 70.4 Å². The fourth-order valence-electron chi connectivity index (χ4n) is 6.21. The molecule has 0 aliphatic carbocycles. The van der Waals surface area contributed by atoms with Gasteiger partial charge in [-0.2, -0.15) is 0 Å². The molecule has 0 saturated carbocycles. The minimum absolute atomic E-state index is 0.0748. The fraction of sp³-hybridized carbons (Fsp3) is 0.528. The van der Waals surface area contributed by atoms with Gasteiger partial charge in [0.25, 0.3) is 0 Å². The second-order valence-electron chi connectivity index (χ2n) is 12.4. The number of carbonyl (C=O) groups excluding carboxylic acids is 1. The third-order valence-electron chi connectivity index (χ3n) is 8.62. The normalized spacial score (nSPS) is 18.9. The second kappa shape index (κ2) is 18.1. The van der Waals surface area contributed by atoms with Crippen LogP contribution in [0, 0.1) is 0 Å². The van der Waals surface area contributed by atoms with Gasteiger partial charge in [-0.15, -0.1) is 22.7 Å². The Morgan fingerprint density at radius 1 is 0.800 bits per heavy atom. The number of hydrogen-bond acceptors (Lipinski definition) is 8. The average molecular weight is 651 g/mol. The molecule has 4 heterocycles. The summed E-state index contributed by atoms with van der Waals surface area (Å²) in [6.07, 6.45) is 6.34. The van der Waals surface area contributed by atoms with Crippen molar-refractivity contribution in [2.75, 3.05) is 65.7 Å². The van der Waals surface area contributed by atoms with Crippen LogP contribution in [0.5, 0.6) is 0 Å². The first-order valence-electron chi connectivity index (χ1n) is 16.6. The summed E-state index contributed by atoms with van der Waals surface area (Å²) in [5.41, 5.74) is 8.61. The molecule has 2 aromatic heterocycles. The van der Waals surface area contributed by atoms with Crippen molar-refractivity contribution < 1.29 is 14.3 Å². The number of amides is 1. The van der Waals surface area contributed by atoms with Crippen molar-refractivity contribution in [1.29, 1.82) is 0 Å². The minimum atomic E-state index is 0.0748. The van der Waals surface area contributed by atoms with Gasteiger partial charge in [0.15, 0.2) is 0 Å². The van der Waals surface area contributed by atoms with Gasteiger partial charge in [-0.1, -0.05) is 24.3 Å². The molecule has 7 nitrogen and oxygen atoms in total. The Morgan fingerprint density at radius 3 is 1.89 bits per heavy atom. The molecule has 2 aromatic carbocycles. The summed E-state index contributed by atoms with van der Waals surface area (Å²) in [6.45, 7) is 11.3. The number of likely N-dealkylation sites (tertiary alicyclic amines) is 2. The van der Waals surface area contributed by atoms with E-state index in [1.165, 1.54) is 31.3 Å². The van der Waals surface area contributed by atoms with Crippen molar-refractivity contribution in [2.45, 2.75) is 57.5 Å². The Morgan fingerprint density at radius 2 is 1.36 bits per heavy atom. The topological polar surface area (TPSA) is 80.1 Å². The van der Waals surface area contributed by atoms with E-state index in [0.717, 1.165) is 104 Å². The molecular formula is C36H50N4O3S2. The Kier molecular flexibility index (Phi) is 13.7. The van der Waals surface area contributed by atoms with Crippen LogP contribution in [0.15, 0.2) is 59.3 Å². The van der Waals surface area contributed by atoms with Crippen molar-refractivity contribution >= 4 is 48.8 Å². The van der Waals surface area contributed by atoms with Crippen LogP contribution < -0.4 is 11.1 Å². The van der Waals surface area contributed by atoms with Gasteiger partial charge in [0, 0.05) is 74.3 Å². The largest absolute Gasteiger partial charge is 0.381 e. The number of ether oxygens (including phenoxy) is 2. The zero-order chi connectivity index (χ0) is 31.3. The van der Waals surface area contributed by atoms with Gasteiger partial charge < -0.3 is 30.3 Å². The summed E-state index contributed by atoms with van der Waals surface area (Å²) in [7, 11) is 0. The maximum atomic E-state index is 11.1. The monoisotopic (exact) mass is 650 g/mol. The minimum Gasteiger partial charge on any atom is -0.381 e. The zero-order valence-electron chi connectivity index (χ0n) is 26.8. The van der Waals surface area contributed by atoms with Crippen molar-refractivity contribution in [3.8, 4) is 0 Å². The zero-order valence-corrected chi connectivity index (χ0v) is 28.4. The van der Waals surface area contributed by atoms with E-state index in [1.807, 2.05) is 0 Å². The number of fused-ring (bicyclic) bond motifs is 2. The van der Waals surface area contributed by atoms with Crippen molar-refractivity contribution in [1.82, 2.24) is 15.1 Å². The van der Waals surface area contributed by atoms with Crippen LogP contribution in [0.3, 0.4) is 0 Å². The number of carbonyl (C=O) groups is 1. The van der Waals surface area contributed by atoms with Crippen LogP contribution in [-0.4, -0.2) is 93.5 Å². The summed E-state index contributed by atoms with van der Waals surface area (Å²) < 4.78 is 14.3. The molecule has 1 amide bonds. The van der Waals surface area contributed by atoms with Crippen molar-refractivity contribution in [3.63, 3.8) is 0 Å². The Balaban J connectivity index is 0.000000179. The average Bonchev–Trinajstić information content (AvgIpc) is 3.85. The molecule has 4 aromatic rings. The highest BCUT2D eigenvalue weighted by Gasteiger charge is 2.22. The molecule has 0 radical (unpaired) electrons. The van der Waals surface area contributed by atoms with Crippen LogP contribution in [0.4, 0.5) is 0 Å². The van der Waals surface area contributed by atoms with Crippen molar-refractivity contribution in [2.24, 2.45) is 5.73 Å². The molecule has 0 bridgehead atoms. The number of hydrogen-bond donors (Lipinski definition) is 2. The summed E-state index contributed by atoms with van der Waals surface area (Å²) in [4.78, 5) is 15.9. The number of benzene rings is 2. The highest BCUT2D eigenvalue weighted by molar-refractivity contribution is 7.17. The molecule has 2 aliphatic heterocycles. The highest BCUT2D eigenvalue weighted by Crippen LogP contribution is 2.23. The standard InChI is InChI=1S/C19H26N2O2S.C17H24N2OS/c1-15(22)20-18-5-9-21(14-18)8-2-10-23-11-6-16-3-4-19-17(13-16)7-12-24-19;18-16-4-8-19(13-16)7-1-9-20-10-5-14-2-3-17-15(12-14)6-11-21-17/h3-4,7,12-13,18H,2,5-6,8-11,14H2,1H3,(H,20,22);2-3,6,11-12,16H,1,4-5,7-10,13,18H2. The Bertz CT molecular complexity index is 1460. The van der Waals surface area contributed by atoms with Gasteiger partial charge >= 0.3 is 0 Å². The third kappa shape index (κ3) is 11.4. The molecule has 2 aliphatic rings. The molecule has 9 heteroatoms. The number of rotatable bonds is 15. The highest BCUT2D eigenvalue weighted by atomic mass is 32.1. The molecule has 45 heavy (non-hydrogen) atoms. The van der Waals surface area contributed by atoms with Gasteiger partial charge in [0.1, 0.15) is 0 Å². The van der Waals surface area contributed by atoms with Crippen LogP contribution in [0.1, 0.15) is 43.7 Å². The number of nitrogens with two attached hydrogens (primary N) is 1. The lowest BCUT2D eigenvalue weighted by Gasteiger charge is -2.16. The molecular weight excluding hydrogens is 601 g/mol. The quantitative estimate of drug-likeness (QED) is 0.155.